The van der Waals surface area contributed by atoms with Gasteiger partial charge in [0, 0.05) is 18.2 Å². The summed E-state index contributed by atoms with van der Waals surface area (Å²) in [6.07, 6.45) is 0.128. The lowest BCUT2D eigenvalue weighted by Gasteiger charge is -2.13. The van der Waals surface area contributed by atoms with Gasteiger partial charge in [0.15, 0.2) is 11.6 Å². The highest BCUT2D eigenvalue weighted by molar-refractivity contribution is 5.71. The predicted octanol–water partition coefficient (Wildman–Crippen LogP) is 1.41. The molecule has 1 aromatic carbocycles. The Morgan fingerprint density at radius 1 is 1.35 bits per heavy atom. The molecule has 0 radical (unpaired) electrons. The number of benzene rings is 1. The number of phenols is 1. The highest BCUT2D eigenvalue weighted by Gasteiger charge is 2.33. The first-order valence-electron chi connectivity index (χ1n) is 5.13. The molecule has 0 amide bonds. The van der Waals surface area contributed by atoms with Gasteiger partial charge >= 0.3 is 5.97 Å². The van der Waals surface area contributed by atoms with E-state index < -0.39 is 35.3 Å². The SMILES string of the molecule is O=C(O)C1CNC(c2c(F)ccc(F)c2O)C1. The van der Waals surface area contributed by atoms with Crippen molar-refractivity contribution in [2.75, 3.05) is 6.54 Å². The fourth-order valence-electron chi connectivity index (χ4n) is 2.03. The molecule has 0 spiro atoms. The van der Waals surface area contributed by atoms with Crippen LogP contribution in [0.5, 0.6) is 5.75 Å². The summed E-state index contributed by atoms with van der Waals surface area (Å²) in [5, 5.41) is 21.0. The van der Waals surface area contributed by atoms with E-state index in [0.717, 1.165) is 12.1 Å². The fraction of sp³-hybridized carbons (Fsp3) is 0.364. The number of aliphatic carboxylic acids is 1. The second-order valence-corrected chi connectivity index (χ2v) is 4.02. The van der Waals surface area contributed by atoms with Crippen LogP contribution in [-0.4, -0.2) is 22.7 Å². The molecular weight excluding hydrogens is 232 g/mol. The molecule has 4 nitrogen and oxygen atoms in total. The molecule has 1 saturated heterocycles. The van der Waals surface area contributed by atoms with Crippen molar-refractivity contribution in [1.82, 2.24) is 5.32 Å². The third kappa shape index (κ3) is 2.08. The third-order valence-electron chi connectivity index (χ3n) is 2.94. The number of phenolic OH excluding ortho intramolecular Hbond substituents is 1. The molecule has 0 aliphatic carbocycles. The van der Waals surface area contributed by atoms with Gasteiger partial charge in [-0.15, -0.1) is 0 Å². The van der Waals surface area contributed by atoms with Crippen LogP contribution in [0, 0.1) is 17.6 Å². The lowest BCUT2D eigenvalue weighted by molar-refractivity contribution is -0.141. The lowest BCUT2D eigenvalue weighted by Crippen LogP contribution is -2.17. The van der Waals surface area contributed by atoms with Crippen molar-refractivity contribution in [2.45, 2.75) is 12.5 Å². The molecule has 2 unspecified atom stereocenters. The summed E-state index contributed by atoms with van der Waals surface area (Å²) < 4.78 is 26.6. The van der Waals surface area contributed by atoms with Crippen LogP contribution in [0.2, 0.25) is 0 Å². The third-order valence-corrected chi connectivity index (χ3v) is 2.94. The van der Waals surface area contributed by atoms with E-state index in [2.05, 4.69) is 5.32 Å². The molecule has 3 N–H and O–H groups in total. The molecule has 2 atom stereocenters. The molecule has 17 heavy (non-hydrogen) atoms. The normalized spacial score (nSPS) is 23.9. The zero-order valence-electron chi connectivity index (χ0n) is 8.78. The highest BCUT2D eigenvalue weighted by Crippen LogP contribution is 2.35. The maximum atomic E-state index is 13.5. The average molecular weight is 243 g/mol. The van der Waals surface area contributed by atoms with Gasteiger partial charge in [-0.05, 0) is 18.6 Å². The van der Waals surface area contributed by atoms with Crippen molar-refractivity contribution in [3.05, 3.63) is 29.3 Å². The topological polar surface area (TPSA) is 69.6 Å². The Balaban J connectivity index is 2.30. The van der Waals surface area contributed by atoms with Crippen LogP contribution < -0.4 is 5.32 Å². The predicted molar refractivity (Wildman–Crippen MR) is 54.5 cm³/mol. The van der Waals surface area contributed by atoms with Crippen LogP contribution in [-0.2, 0) is 4.79 Å². The average Bonchev–Trinajstić information content (AvgIpc) is 2.73. The first kappa shape index (κ1) is 11.8. The van der Waals surface area contributed by atoms with E-state index in [1.54, 1.807) is 0 Å². The van der Waals surface area contributed by atoms with Gasteiger partial charge in [0.2, 0.25) is 0 Å². The van der Waals surface area contributed by atoms with Gasteiger partial charge in [0.25, 0.3) is 0 Å². The van der Waals surface area contributed by atoms with Crippen LogP contribution >= 0.6 is 0 Å². The number of halogens is 2. The minimum atomic E-state index is -0.990. The lowest BCUT2D eigenvalue weighted by atomic mass is 9.99. The smallest absolute Gasteiger partial charge is 0.307 e. The van der Waals surface area contributed by atoms with Gasteiger partial charge in [-0.3, -0.25) is 4.79 Å². The number of hydrogen-bond donors (Lipinski definition) is 3. The number of carboxylic acids is 1. The second-order valence-electron chi connectivity index (χ2n) is 4.02. The number of rotatable bonds is 2. The van der Waals surface area contributed by atoms with Crippen LogP contribution in [0.15, 0.2) is 12.1 Å². The summed E-state index contributed by atoms with van der Waals surface area (Å²) in [5.74, 6) is -4.05. The zero-order chi connectivity index (χ0) is 12.6. The molecule has 1 heterocycles. The van der Waals surface area contributed by atoms with Gasteiger partial charge < -0.3 is 15.5 Å². The van der Waals surface area contributed by atoms with E-state index in [1.807, 2.05) is 0 Å². The van der Waals surface area contributed by atoms with E-state index in [-0.39, 0.29) is 18.5 Å². The number of carbonyl (C=O) groups is 1. The quantitative estimate of drug-likeness (QED) is 0.734. The van der Waals surface area contributed by atoms with Crippen molar-refractivity contribution in [2.24, 2.45) is 5.92 Å². The molecule has 92 valence electrons. The zero-order valence-corrected chi connectivity index (χ0v) is 8.78. The minimum Gasteiger partial charge on any atom is -0.505 e. The van der Waals surface area contributed by atoms with Gasteiger partial charge in [0.05, 0.1) is 5.92 Å². The Bertz CT molecular complexity index is 464. The van der Waals surface area contributed by atoms with Crippen molar-refractivity contribution in [1.29, 1.82) is 0 Å². The second kappa shape index (κ2) is 4.29. The summed E-state index contributed by atoms with van der Waals surface area (Å²) in [6.45, 7) is 0.176. The monoisotopic (exact) mass is 243 g/mol. The van der Waals surface area contributed by atoms with E-state index >= 15 is 0 Å². The number of carboxylic acid groups (broad SMARTS) is 1. The fourth-order valence-corrected chi connectivity index (χ4v) is 2.03. The van der Waals surface area contributed by atoms with E-state index in [9.17, 15) is 18.7 Å². The summed E-state index contributed by atoms with van der Waals surface area (Å²) in [7, 11) is 0. The Kier molecular flexibility index (Phi) is 2.97. The van der Waals surface area contributed by atoms with Crippen LogP contribution in [0.3, 0.4) is 0 Å². The summed E-state index contributed by atoms with van der Waals surface area (Å²) in [4.78, 5) is 10.7. The Hall–Kier alpha value is -1.69. The van der Waals surface area contributed by atoms with Gasteiger partial charge in [0.1, 0.15) is 5.82 Å². The van der Waals surface area contributed by atoms with E-state index in [1.165, 1.54) is 0 Å². The molecule has 1 aliphatic rings. The van der Waals surface area contributed by atoms with Gasteiger partial charge in [-0.25, -0.2) is 8.78 Å². The van der Waals surface area contributed by atoms with E-state index in [0.29, 0.717) is 0 Å². The Labute approximate surface area is 95.9 Å². The molecule has 1 aromatic rings. The largest absolute Gasteiger partial charge is 0.505 e. The summed E-state index contributed by atoms with van der Waals surface area (Å²) in [6, 6.07) is 1.07. The number of hydrogen-bond acceptors (Lipinski definition) is 3. The first-order valence-corrected chi connectivity index (χ1v) is 5.13. The highest BCUT2D eigenvalue weighted by atomic mass is 19.1. The minimum absolute atomic E-state index is 0.128. The molecule has 0 aromatic heterocycles. The molecule has 6 heteroatoms. The van der Waals surface area contributed by atoms with E-state index in [4.69, 9.17) is 5.11 Å². The molecule has 0 saturated carbocycles. The van der Waals surface area contributed by atoms with Crippen molar-refractivity contribution >= 4 is 5.97 Å². The molecular formula is C11H11F2NO3. The van der Waals surface area contributed by atoms with Crippen LogP contribution in [0.1, 0.15) is 18.0 Å². The van der Waals surface area contributed by atoms with Gasteiger partial charge in [-0.2, -0.15) is 0 Å². The standard InChI is InChI=1S/C11H11F2NO3/c12-6-1-2-7(13)10(15)9(6)8-3-5(4-14-8)11(16)17/h1-2,5,8,14-15H,3-4H2,(H,16,17). The number of aromatic hydroxyl groups is 1. The molecule has 1 fully saturated rings. The van der Waals surface area contributed by atoms with Crippen LogP contribution in [0.4, 0.5) is 8.78 Å². The first-order chi connectivity index (χ1) is 8.00. The van der Waals surface area contributed by atoms with Crippen molar-refractivity contribution < 1.29 is 23.8 Å². The molecule has 1 aliphatic heterocycles. The maximum absolute atomic E-state index is 13.5. The molecule has 2 rings (SSSR count). The Morgan fingerprint density at radius 2 is 2.00 bits per heavy atom. The summed E-state index contributed by atoms with van der Waals surface area (Å²) in [5.41, 5.74) is -0.200. The number of nitrogens with one attached hydrogen (secondary N) is 1. The summed E-state index contributed by atoms with van der Waals surface area (Å²) >= 11 is 0. The van der Waals surface area contributed by atoms with Crippen LogP contribution in [0.25, 0.3) is 0 Å². The van der Waals surface area contributed by atoms with Crippen molar-refractivity contribution in [3.8, 4) is 5.75 Å². The Morgan fingerprint density at radius 3 is 2.59 bits per heavy atom. The van der Waals surface area contributed by atoms with Crippen molar-refractivity contribution in [3.63, 3.8) is 0 Å². The molecule has 0 bridgehead atoms. The van der Waals surface area contributed by atoms with Gasteiger partial charge in [-0.1, -0.05) is 0 Å². The maximum Gasteiger partial charge on any atom is 0.307 e.